The predicted octanol–water partition coefficient (Wildman–Crippen LogP) is 1.88. The number of nitrogens with one attached hydrogen (secondary N) is 1. The van der Waals surface area contributed by atoms with Crippen LogP contribution < -0.4 is 10.3 Å². The first-order valence-electron chi connectivity index (χ1n) is 6.55. The third-order valence-electron chi connectivity index (χ3n) is 3.23. The standard InChI is InChI=1S/C15H11N3O4/c19-15-14(12-7-4-8-13(9-12)18(20)21)17(16-22-15)10-11-5-2-1-3-6-11/h1-9H,10H2/p+1. The molecule has 3 rings (SSSR count). The van der Waals surface area contributed by atoms with Gasteiger partial charge in [0.1, 0.15) is 0 Å². The molecule has 22 heavy (non-hydrogen) atoms. The number of nitrogens with zero attached hydrogens (tertiary/aromatic N) is 2. The van der Waals surface area contributed by atoms with Gasteiger partial charge in [0.25, 0.3) is 5.69 Å². The number of nitro benzene ring substituents is 1. The largest absolute Gasteiger partial charge is 0.435 e. The quantitative estimate of drug-likeness (QED) is 0.452. The van der Waals surface area contributed by atoms with Crippen LogP contribution >= 0.6 is 0 Å². The van der Waals surface area contributed by atoms with E-state index in [-0.39, 0.29) is 11.4 Å². The number of benzene rings is 2. The van der Waals surface area contributed by atoms with Crippen molar-refractivity contribution < 1.29 is 14.1 Å². The molecule has 1 heterocycles. The molecule has 2 aromatic carbocycles. The molecule has 3 aromatic rings. The summed E-state index contributed by atoms with van der Waals surface area (Å²) in [6, 6.07) is 15.4. The van der Waals surface area contributed by atoms with Crippen LogP contribution in [-0.4, -0.2) is 10.2 Å². The third kappa shape index (κ3) is 2.64. The minimum atomic E-state index is -0.573. The smallest absolute Gasteiger partial charge is 0.283 e. The van der Waals surface area contributed by atoms with Crippen molar-refractivity contribution in [3.05, 3.63) is 80.7 Å². The van der Waals surface area contributed by atoms with E-state index in [4.69, 9.17) is 4.52 Å². The van der Waals surface area contributed by atoms with Crippen LogP contribution in [0.5, 0.6) is 0 Å². The molecule has 1 aromatic heterocycles. The van der Waals surface area contributed by atoms with E-state index in [2.05, 4.69) is 5.27 Å². The van der Waals surface area contributed by atoms with Crippen LogP contribution in [0.25, 0.3) is 11.3 Å². The summed E-state index contributed by atoms with van der Waals surface area (Å²) in [6.07, 6.45) is 0. The minimum absolute atomic E-state index is 0.0793. The summed E-state index contributed by atoms with van der Waals surface area (Å²) >= 11 is 0. The van der Waals surface area contributed by atoms with Gasteiger partial charge in [-0.25, -0.2) is 4.79 Å². The molecular weight excluding hydrogens is 286 g/mol. The van der Waals surface area contributed by atoms with Gasteiger partial charge in [-0.15, -0.1) is 0 Å². The normalized spacial score (nSPS) is 10.5. The van der Waals surface area contributed by atoms with Gasteiger partial charge >= 0.3 is 11.3 Å². The number of rotatable bonds is 4. The molecule has 0 bridgehead atoms. The molecular formula is C15H12N3O4+. The molecule has 7 nitrogen and oxygen atoms in total. The Bertz CT molecular complexity index is 868. The van der Waals surface area contributed by atoms with Gasteiger partial charge < -0.3 is 0 Å². The van der Waals surface area contributed by atoms with E-state index in [0.29, 0.717) is 12.1 Å². The molecule has 0 fully saturated rings. The van der Waals surface area contributed by atoms with Gasteiger partial charge in [-0.2, -0.15) is 0 Å². The third-order valence-corrected chi connectivity index (χ3v) is 3.23. The van der Waals surface area contributed by atoms with Gasteiger partial charge in [-0.05, 0) is 11.3 Å². The lowest BCUT2D eigenvalue weighted by Gasteiger charge is -1.97. The first kappa shape index (κ1) is 13.7. The zero-order valence-corrected chi connectivity index (χ0v) is 11.4. The molecule has 0 spiro atoms. The highest BCUT2D eigenvalue weighted by Gasteiger charge is 2.24. The molecule has 1 N–H and O–H groups in total. The highest BCUT2D eigenvalue weighted by atomic mass is 16.6. The van der Waals surface area contributed by atoms with Crippen LogP contribution in [0, 0.1) is 10.1 Å². The Balaban J connectivity index is 2.04. The van der Waals surface area contributed by atoms with Crippen molar-refractivity contribution in [1.29, 1.82) is 0 Å². The molecule has 7 heteroatoms. The number of aromatic amines is 1. The zero-order chi connectivity index (χ0) is 15.5. The Morgan fingerprint density at radius 3 is 2.64 bits per heavy atom. The lowest BCUT2D eigenvalue weighted by molar-refractivity contribution is -0.745. The van der Waals surface area contributed by atoms with Gasteiger partial charge in [0.15, 0.2) is 0 Å². The predicted molar refractivity (Wildman–Crippen MR) is 77.2 cm³/mol. The van der Waals surface area contributed by atoms with Crippen molar-refractivity contribution in [2.75, 3.05) is 0 Å². The summed E-state index contributed by atoms with van der Waals surface area (Å²) in [7, 11) is 0. The first-order valence-corrected chi connectivity index (χ1v) is 6.55. The summed E-state index contributed by atoms with van der Waals surface area (Å²) in [5.74, 6) is 0. The molecule has 0 saturated heterocycles. The Morgan fingerprint density at radius 2 is 1.91 bits per heavy atom. The second kappa shape index (κ2) is 5.65. The Morgan fingerprint density at radius 1 is 1.14 bits per heavy atom. The maximum Gasteiger partial charge on any atom is 0.435 e. The van der Waals surface area contributed by atoms with Crippen LogP contribution in [-0.2, 0) is 6.54 Å². The van der Waals surface area contributed by atoms with Crippen LogP contribution in [0.1, 0.15) is 5.56 Å². The van der Waals surface area contributed by atoms with E-state index < -0.39 is 10.5 Å². The van der Waals surface area contributed by atoms with Crippen molar-refractivity contribution in [2.24, 2.45) is 0 Å². The summed E-state index contributed by atoms with van der Waals surface area (Å²) in [5.41, 5.74) is 0.990. The first-order chi connectivity index (χ1) is 10.6. The van der Waals surface area contributed by atoms with Crippen LogP contribution in [0.4, 0.5) is 5.69 Å². The van der Waals surface area contributed by atoms with Crippen molar-refractivity contribution in [3.8, 4) is 11.3 Å². The van der Waals surface area contributed by atoms with Crippen molar-refractivity contribution in [3.63, 3.8) is 0 Å². The maximum absolute atomic E-state index is 11.9. The SMILES string of the molecule is O=c1o[nH][n+](Cc2ccccc2)c1-c1cccc([N+](=O)[O-])c1. The molecule has 0 saturated carbocycles. The van der Waals surface area contributed by atoms with Gasteiger partial charge in [-0.1, -0.05) is 41.1 Å². The van der Waals surface area contributed by atoms with E-state index in [1.165, 1.54) is 22.9 Å². The Hall–Kier alpha value is -3.22. The zero-order valence-electron chi connectivity index (χ0n) is 11.4. The number of nitro groups is 1. The number of aromatic nitrogens is 2. The van der Waals surface area contributed by atoms with Gasteiger partial charge in [-0.3, -0.25) is 14.6 Å². The molecule has 0 aliphatic carbocycles. The van der Waals surface area contributed by atoms with Crippen LogP contribution in [0.3, 0.4) is 0 Å². The molecule has 110 valence electrons. The molecule has 0 amide bonds. The average molecular weight is 298 g/mol. The highest BCUT2D eigenvalue weighted by Crippen LogP contribution is 2.19. The van der Waals surface area contributed by atoms with Gasteiger partial charge in [0.2, 0.25) is 6.54 Å². The van der Waals surface area contributed by atoms with E-state index in [1.807, 2.05) is 30.3 Å². The lowest BCUT2D eigenvalue weighted by Crippen LogP contribution is -2.39. The van der Waals surface area contributed by atoms with Crippen molar-refractivity contribution >= 4 is 5.69 Å². The fourth-order valence-corrected chi connectivity index (χ4v) is 2.22. The van der Waals surface area contributed by atoms with E-state index >= 15 is 0 Å². The maximum atomic E-state index is 11.9. The average Bonchev–Trinajstić information content (AvgIpc) is 2.89. The number of H-pyrrole nitrogens is 1. The summed E-state index contributed by atoms with van der Waals surface area (Å²) in [5, 5.41) is 13.4. The number of hydrogen-bond donors (Lipinski definition) is 1. The van der Waals surface area contributed by atoms with Crippen LogP contribution in [0.2, 0.25) is 0 Å². The summed E-state index contributed by atoms with van der Waals surface area (Å²) in [6.45, 7) is 0.393. The summed E-state index contributed by atoms with van der Waals surface area (Å²) < 4.78 is 6.36. The molecule has 0 unspecified atom stereocenters. The Labute approximate surface area is 124 Å². The summed E-state index contributed by atoms with van der Waals surface area (Å²) in [4.78, 5) is 22.3. The Kier molecular flexibility index (Phi) is 3.53. The number of hydrogen-bond acceptors (Lipinski definition) is 4. The van der Waals surface area contributed by atoms with Crippen molar-refractivity contribution in [2.45, 2.75) is 6.54 Å². The highest BCUT2D eigenvalue weighted by molar-refractivity contribution is 5.58. The fraction of sp³-hybridized carbons (Fsp3) is 0.0667. The monoisotopic (exact) mass is 298 g/mol. The number of non-ortho nitro benzene ring substituents is 1. The van der Waals surface area contributed by atoms with E-state index in [1.54, 1.807) is 6.07 Å². The van der Waals surface area contributed by atoms with Gasteiger partial charge in [0.05, 0.1) is 10.5 Å². The molecule has 0 aliphatic heterocycles. The second-order valence-electron chi connectivity index (χ2n) is 4.71. The van der Waals surface area contributed by atoms with Gasteiger partial charge in [0, 0.05) is 17.7 Å². The fourth-order valence-electron chi connectivity index (χ4n) is 2.22. The molecule has 0 aliphatic rings. The van der Waals surface area contributed by atoms with Crippen molar-refractivity contribution in [1.82, 2.24) is 5.27 Å². The second-order valence-corrected chi connectivity index (χ2v) is 4.71. The van der Waals surface area contributed by atoms with Crippen LogP contribution in [0.15, 0.2) is 63.9 Å². The lowest BCUT2D eigenvalue weighted by atomic mass is 10.1. The molecule has 0 radical (unpaired) electrons. The topological polar surface area (TPSA) is 93.0 Å². The minimum Gasteiger partial charge on any atom is -0.283 e. The van der Waals surface area contributed by atoms with E-state index in [9.17, 15) is 14.9 Å². The van der Waals surface area contributed by atoms with E-state index in [0.717, 1.165) is 5.56 Å². The molecule has 0 atom stereocenters.